The Bertz CT molecular complexity index is 513. The highest BCUT2D eigenvalue weighted by Crippen LogP contribution is 2.32. The van der Waals surface area contributed by atoms with Gasteiger partial charge in [0, 0.05) is 25.0 Å². The summed E-state index contributed by atoms with van der Waals surface area (Å²) >= 11 is 5.82. The zero-order chi connectivity index (χ0) is 16.2. The number of rotatable bonds is 6. The molecule has 1 unspecified atom stereocenters. The van der Waals surface area contributed by atoms with Gasteiger partial charge in [-0.2, -0.15) is 0 Å². The van der Waals surface area contributed by atoms with Gasteiger partial charge >= 0.3 is 5.97 Å². The van der Waals surface area contributed by atoms with E-state index in [2.05, 4.69) is 0 Å². The number of halogens is 1. The molecule has 0 spiro atoms. The van der Waals surface area contributed by atoms with Gasteiger partial charge in [-0.15, -0.1) is 0 Å². The topological polar surface area (TPSA) is 57.6 Å². The number of hydrogen-bond acceptors (Lipinski definition) is 2. The number of amides is 1. The summed E-state index contributed by atoms with van der Waals surface area (Å²) in [6.07, 6.45) is -0.00983. The Morgan fingerprint density at radius 1 is 1.29 bits per heavy atom. The Hall–Kier alpha value is -1.55. The summed E-state index contributed by atoms with van der Waals surface area (Å²) in [4.78, 5) is 25.3. The van der Waals surface area contributed by atoms with Crippen LogP contribution in [0.5, 0.6) is 0 Å². The molecule has 0 heterocycles. The van der Waals surface area contributed by atoms with E-state index in [0.717, 1.165) is 5.56 Å². The molecule has 5 heteroatoms. The van der Waals surface area contributed by atoms with Gasteiger partial charge in [0.05, 0.1) is 5.41 Å². The highest BCUT2D eigenvalue weighted by atomic mass is 35.5. The molecule has 1 amide bonds. The number of carbonyl (C=O) groups is 2. The van der Waals surface area contributed by atoms with Crippen LogP contribution in [0.15, 0.2) is 24.3 Å². The Kier molecular flexibility index (Phi) is 5.78. The first-order chi connectivity index (χ1) is 9.66. The third-order valence-electron chi connectivity index (χ3n) is 4.04. The second-order valence-corrected chi connectivity index (χ2v) is 6.37. The SMILES string of the molecule is CC(C)C(C)(CC(=O)N(C)Cc1ccc(Cl)cc1)C(=O)O. The molecule has 0 aliphatic carbocycles. The first-order valence-electron chi connectivity index (χ1n) is 6.88. The molecule has 0 saturated heterocycles. The number of hydrogen-bond donors (Lipinski definition) is 1. The predicted molar refractivity (Wildman–Crippen MR) is 83.1 cm³/mol. The third kappa shape index (κ3) is 4.46. The minimum absolute atomic E-state index is 0.00983. The molecule has 1 aromatic rings. The smallest absolute Gasteiger partial charge is 0.310 e. The van der Waals surface area contributed by atoms with Crippen molar-refractivity contribution >= 4 is 23.5 Å². The lowest BCUT2D eigenvalue weighted by molar-refractivity contribution is -0.155. The zero-order valence-corrected chi connectivity index (χ0v) is 13.6. The Labute approximate surface area is 130 Å². The van der Waals surface area contributed by atoms with Crippen LogP contribution < -0.4 is 0 Å². The predicted octanol–water partition coefficient (Wildman–Crippen LogP) is 3.44. The molecule has 0 aliphatic heterocycles. The van der Waals surface area contributed by atoms with Crippen molar-refractivity contribution in [3.8, 4) is 0 Å². The molecule has 4 nitrogen and oxygen atoms in total. The van der Waals surface area contributed by atoms with Crippen LogP contribution in [-0.4, -0.2) is 28.9 Å². The monoisotopic (exact) mass is 311 g/mol. The van der Waals surface area contributed by atoms with E-state index >= 15 is 0 Å². The number of nitrogens with zero attached hydrogens (tertiary/aromatic N) is 1. The first kappa shape index (κ1) is 17.5. The van der Waals surface area contributed by atoms with Crippen molar-refractivity contribution in [3.05, 3.63) is 34.9 Å². The molecule has 1 N–H and O–H groups in total. The van der Waals surface area contributed by atoms with Crippen molar-refractivity contribution in [2.45, 2.75) is 33.7 Å². The molecule has 0 aromatic heterocycles. The highest BCUT2D eigenvalue weighted by Gasteiger charge is 2.39. The molecule has 21 heavy (non-hydrogen) atoms. The van der Waals surface area contributed by atoms with Crippen molar-refractivity contribution in [3.63, 3.8) is 0 Å². The molecule has 0 bridgehead atoms. The van der Waals surface area contributed by atoms with Crippen LogP contribution >= 0.6 is 11.6 Å². The average Bonchev–Trinajstić information content (AvgIpc) is 2.40. The maximum Gasteiger partial charge on any atom is 0.310 e. The lowest BCUT2D eigenvalue weighted by atomic mass is 9.76. The molecule has 0 radical (unpaired) electrons. The largest absolute Gasteiger partial charge is 0.481 e. The minimum atomic E-state index is -1.05. The lowest BCUT2D eigenvalue weighted by Crippen LogP contribution is -2.39. The summed E-state index contributed by atoms with van der Waals surface area (Å²) in [5, 5.41) is 10.0. The number of carboxylic acids is 1. The molecular weight excluding hydrogens is 290 g/mol. The van der Waals surface area contributed by atoms with Crippen LogP contribution in [0.25, 0.3) is 0 Å². The van der Waals surface area contributed by atoms with Gasteiger partial charge in [0.2, 0.25) is 5.91 Å². The Morgan fingerprint density at radius 3 is 2.24 bits per heavy atom. The Balaban J connectivity index is 2.74. The molecule has 0 fully saturated rings. The standard InChI is InChI=1S/C16H22ClNO3/c1-11(2)16(3,15(20)21)9-14(19)18(4)10-12-5-7-13(17)8-6-12/h5-8,11H,9-10H2,1-4H3,(H,20,21). The maximum absolute atomic E-state index is 12.3. The van der Waals surface area contributed by atoms with E-state index in [9.17, 15) is 14.7 Å². The minimum Gasteiger partial charge on any atom is -0.481 e. The Morgan fingerprint density at radius 2 is 1.81 bits per heavy atom. The quantitative estimate of drug-likeness (QED) is 0.875. The summed E-state index contributed by atoms with van der Waals surface area (Å²) < 4.78 is 0. The maximum atomic E-state index is 12.3. The van der Waals surface area contributed by atoms with Gasteiger partial charge in [-0.1, -0.05) is 37.6 Å². The van der Waals surface area contributed by atoms with Crippen LogP contribution in [0.2, 0.25) is 5.02 Å². The van der Waals surface area contributed by atoms with E-state index in [0.29, 0.717) is 11.6 Å². The van der Waals surface area contributed by atoms with Gasteiger partial charge in [0.25, 0.3) is 0 Å². The van der Waals surface area contributed by atoms with Crippen LogP contribution in [0.3, 0.4) is 0 Å². The molecule has 0 aliphatic rings. The van der Waals surface area contributed by atoms with Crippen LogP contribution in [-0.2, 0) is 16.1 Å². The fraction of sp³-hybridized carbons (Fsp3) is 0.500. The number of aliphatic carboxylic acids is 1. The first-order valence-corrected chi connectivity index (χ1v) is 7.26. The number of carboxylic acid groups (broad SMARTS) is 1. The van der Waals surface area contributed by atoms with Gasteiger partial charge in [0.1, 0.15) is 0 Å². The van der Waals surface area contributed by atoms with Crippen molar-refractivity contribution in [2.75, 3.05) is 7.05 Å². The fourth-order valence-electron chi connectivity index (χ4n) is 1.93. The van der Waals surface area contributed by atoms with Crippen molar-refractivity contribution in [2.24, 2.45) is 11.3 Å². The van der Waals surface area contributed by atoms with Gasteiger partial charge in [0.15, 0.2) is 0 Å². The van der Waals surface area contributed by atoms with Crippen LogP contribution in [0, 0.1) is 11.3 Å². The van der Waals surface area contributed by atoms with Crippen molar-refractivity contribution < 1.29 is 14.7 Å². The second kappa shape index (κ2) is 6.94. The summed E-state index contributed by atoms with van der Waals surface area (Å²) in [5.74, 6) is -1.24. The molecule has 1 aromatic carbocycles. The van der Waals surface area contributed by atoms with Gasteiger partial charge in [-0.25, -0.2) is 0 Å². The molecular formula is C16H22ClNO3. The van der Waals surface area contributed by atoms with Crippen molar-refractivity contribution in [1.29, 1.82) is 0 Å². The van der Waals surface area contributed by atoms with Crippen molar-refractivity contribution in [1.82, 2.24) is 4.90 Å². The lowest BCUT2D eigenvalue weighted by Gasteiger charge is -2.30. The molecule has 1 atom stereocenters. The number of carbonyl (C=O) groups excluding carboxylic acids is 1. The van der Waals surface area contributed by atoms with Crippen LogP contribution in [0.4, 0.5) is 0 Å². The van der Waals surface area contributed by atoms with E-state index in [1.165, 1.54) is 0 Å². The third-order valence-corrected chi connectivity index (χ3v) is 4.29. The van der Waals surface area contributed by atoms with E-state index in [-0.39, 0.29) is 18.2 Å². The summed E-state index contributed by atoms with van der Waals surface area (Å²) in [7, 11) is 1.68. The molecule has 0 saturated carbocycles. The average molecular weight is 312 g/mol. The van der Waals surface area contributed by atoms with E-state index < -0.39 is 11.4 Å². The zero-order valence-electron chi connectivity index (χ0n) is 12.9. The normalized spacial score (nSPS) is 13.8. The van der Waals surface area contributed by atoms with Crippen LogP contribution in [0.1, 0.15) is 32.8 Å². The van der Waals surface area contributed by atoms with E-state index in [4.69, 9.17) is 11.6 Å². The highest BCUT2D eigenvalue weighted by molar-refractivity contribution is 6.30. The van der Waals surface area contributed by atoms with E-state index in [1.807, 2.05) is 26.0 Å². The summed E-state index contributed by atoms with van der Waals surface area (Å²) in [5.41, 5.74) is -0.0949. The van der Waals surface area contributed by atoms with Gasteiger partial charge < -0.3 is 10.0 Å². The molecule has 116 valence electrons. The fourth-order valence-corrected chi connectivity index (χ4v) is 2.05. The van der Waals surface area contributed by atoms with Gasteiger partial charge in [-0.3, -0.25) is 9.59 Å². The van der Waals surface area contributed by atoms with Gasteiger partial charge in [-0.05, 0) is 30.5 Å². The summed E-state index contributed by atoms with van der Waals surface area (Å²) in [6, 6.07) is 7.24. The molecule has 1 rings (SSSR count). The second-order valence-electron chi connectivity index (χ2n) is 5.93. The number of benzene rings is 1. The van der Waals surface area contributed by atoms with E-state index in [1.54, 1.807) is 31.0 Å². The summed E-state index contributed by atoms with van der Waals surface area (Å²) in [6.45, 7) is 5.69.